The van der Waals surface area contributed by atoms with Gasteiger partial charge >= 0.3 is 0 Å². The molecule has 20 heavy (non-hydrogen) atoms. The number of benzene rings is 2. The van der Waals surface area contributed by atoms with E-state index in [1.807, 2.05) is 31.2 Å². The van der Waals surface area contributed by atoms with Crippen LogP contribution in [0.25, 0.3) is 0 Å². The summed E-state index contributed by atoms with van der Waals surface area (Å²) in [5.74, 6) is 0.225. The number of ketones is 1. The third kappa shape index (κ3) is 2.66. The van der Waals surface area contributed by atoms with E-state index in [9.17, 15) is 4.79 Å². The number of carbonyl (C=O) groups is 1. The van der Waals surface area contributed by atoms with E-state index in [1.54, 1.807) is 0 Å². The molecule has 0 atom stereocenters. The van der Waals surface area contributed by atoms with Crippen LogP contribution in [-0.2, 0) is 13.0 Å². The fourth-order valence-electron chi connectivity index (χ4n) is 2.86. The zero-order chi connectivity index (χ0) is 13.9. The molecule has 1 aliphatic heterocycles. The maximum absolute atomic E-state index is 12.4. The Morgan fingerprint density at radius 3 is 2.55 bits per heavy atom. The summed E-state index contributed by atoms with van der Waals surface area (Å²) in [4.78, 5) is 14.7. The molecular weight excluding hydrogens is 246 g/mol. The molecule has 3 rings (SSSR count). The number of Topliss-reactive ketones (excluding diaryl/α,β-unsaturated/α-hetero) is 1. The van der Waals surface area contributed by atoms with E-state index in [1.165, 1.54) is 11.1 Å². The Hall–Kier alpha value is -1.93. The predicted molar refractivity (Wildman–Crippen MR) is 80.9 cm³/mol. The number of nitrogens with zero attached hydrogens (tertiary/aromatic N) is 1. The summed E-state index contributed by atoms with van der Waals surface area (Å²) in [6.45, 7) is 4.36. The van der Waals surface area contributed by atoms with Crippen molar-refractivity contribution in [3.8, 4) is 0 Å². The normalized spacial score (nSPS) is 14.8. The number of rotatable bonds is 3. The largest absolute Gasteiger partial charge is 0.293 e. The molecule has 2 aromatic rings. The molecule has 0 amide bonds. The van der Waals surface area contributed by atoms with E-state index in [0.29, 0.717) is 6.54 Å². The number of aryl methyl sites for hydroxylation is 1. The van der Waals surface area contributed by atoms with Gasteiger partial charge in [0.25, 0.3) is 0 Å². The molecule has 2 nitrogen and oxygen atoms in total. The third-order valence-electron chi connectivity index (χ3n) is 4.02. The minimum absolute atomic E-state index is 0.225. The van der Waals surface area contributed by atoms with Gasteiger partial charge in [-0.3, -0.25) is 9.69 Å². The molecule has 0 unspecified atom stereocenters. The van der Waals surface area contributed by atoms with Crippen molar-refractivity contribution in [2.24, 2.45) is 0 Å². The Morgan fingerprint density at radius 2 is 1.75 bits per heavy atom. The highest BCUT2D eigenvalue weighted by Gasteiger charge is 2.19. The molecular formula is C18H19NO. The molecule has 102 valence electrons. The van der Waals surface area contributed by atoms with Crippen LogP contribution < -0.4 is 0 Å². The van der Waals surface area contributed by atoms with Gasteiger partial charge in [-0.25, -0.2) is 0 Å². The molecule has 1 heterocycles. The summed E-state index contributed by atoms with van der Waals surface area (Å²) in [5.41, 5.74) is 4.70. The number of fused-ring (bicyclic) bond motifs is 1. The van der Waals surface area contributed by atoms with E-state index in [-0.39, 0.29) is 5.78 Å². The van der Waals surface area contributed by atoms with Gasteiger partial charge in [0.15, 0.2) is 5.78 Å². The van der Waals surface area contributed by atoms with Gasteiger partial charge in [-0.2, -0.15) is 0 Å². The van der Waals surface area contributed by atoms with Crippen LogP contribution >= 0.6 is 0 Å². The molecule has 0 aromatic heterocycles. The Labute approximate surface area is 120 Å². The zero-order valence-electron chi connectivity index (χ0n) is 11.8. The van der Waals surface area contributed by atoms with Crippen molar-refractivity contribution in [1.82, 2.24) is 4.90 Å². The summed E-state index contributed by atoms with van der Waals surface area (Å²) in [7, 11) is 0. The van der Waals surface area contributed by atoms with Gasteiger partial charge in [-0.15, -0.1) is 0 Å². The summed E-state index contributed by atoms with van der Waals surface area (Å²) < 4.78 is 0. The highest BCUT2D eigenvalue weighted by molar-refractivity contribution is 5.98. The lowest BCUT2D eigenvalue weighted by Crippen LogP contribution is -2.35. The summed E-state index contributed by atoms with van der Waals surface area (Å²) in [6.07, 6.45) is 1.04. The molecule has 0 N–H and O–H groups in total. The van der Waals surface area contributed by atoms with Crippen LogP contribution in [0, 0.1) is 6.92 Å². The first-order valence-electron chi connectivity index (χ1n) is 7.12. The number of hydrogen-bond acceptors (Lipinski definition) is 2. The second kappa shape index (κ2) is 5.59. The minimum atomic E-state index is 0.225. The molecule has 0 aliphatic carbocycles. The van der Waals surface area contributed by atoms with Gasteiger partial charge in [0.2, 0.25) is 0 Å². The molecule has 0 saturated carbocycles. The molecule has 2 heteroatoms. The second-order valence-electron chi connectivity index (χ2n) is 5.47. The summed E-state index contributed by atoms with van der Waals surface area (Å²) in [5, 5.41) is 0. The summed E-state index contributed by atoms with van der Waals surface area (Å²) >= 11 is 0. The van der Waals surface area contributed by atoms with Crippen molar-refractivity contribution < 1.29 is 4.79 Å². The predicted octanol–water partition coefficient (Wildman–Crippen LogP) is 3.24. The van der Waals surface area contributed by atoms with Crippen LogP contribution in [0.4, 0.5) is 0 Å². The molecule has 0 saturated heterocycles. The zero-order valence-corrected chi connectivity index (χ0v) is 11.8. The fraction of sp³-hybridized carbons (Fsp3) is 0.278. The highest BCUT2D eigenvalue weighted by atomic mass is 16.1. The van der Waals surface area contributed by atoms with Crippen LogP contribution in [0.2, 0.25) is 0 Å². The van der Waals surface area contributed by atoms with Crippen molar-refractivity contribution in [2.45, 2.75) is 19.9 Å². The highest BCUT2D eigenvalue weighted by Crippen LogP contribution is 2.19. The average molecular weight is 265 g/mol. The molecule has 0 bridgehead atoms. The molecule has 0 radical (unpaired) electrons. The van der Waals surface area contributed by atoms with Crippen LogP contribution in [-0.4, -0.2) is 23.8 Å². The topological polar surface area (TPSA) is 20.3 Å². The third-order valence-corrected chi connectivity index (χ3v) is 4.02. The lowest BCUT2D eigenvalue weighted by molar-refractivity contribution is 0.0921. The SMILES string of the molecule is Cc1ccccc1C(=O)CN1CCc2ccccc2C1. The standard InChI is InChI=1S/C18H19NO/c1-14-6-2-5-9-17(14)18(20)13-19-11-10-15-7-3-4-8-16(15)12-19/h2-9H,10-13H2,1H3. The Morgan fingerprint density at radius 1 is 1.05 bits per heavy atom. The molecule has 0 spiro atoms. The first-order valence-corrected chi connectivity index (χ1v) is 7.12. The maximum Gasteiger partial charge on any atom is 0.177 e. The number of carbonyl (C=O) groups excluding carboxylic acids is 1. The van der Waals surface area contributed by atoms with E-state index < -0.39 is 0 Å². The Bertz CT molecular complexity index is 633. The van der Waals surface area contributed by atoms with Crippen LogP contribution in [0.15, 0.2) is 48.5 Å². The van der Waals surface area contributed by atoms with Crippen molar-refractivity contribution in [2.75, 3.05) is 13.1 Å². The van der Waals surface area contributed by atoms with Crippen LogP contribution in [0.1, 0.15) is 27.0 Å². The van der Waals surface area contributed by atoms with Crippen LogP contribution in [0.3, 0.4) is 0 Å². The van der Waals surface area contributed by atoms with Crippen molar-refractivity contribution in [3.05, 3.63) is 70.8 Å². The number of hydrogen-bond donors (Lipinski definition) is 0. The quantitative estimate of drug-likeness (QED) is 0.794. The summed E-state index contributed by atoms with van der Waals surface area (Å²) in [6, 6.07) is 16.4. The fourth-order valence-corrected chi connectivity index (χ4v) is 2.86. The Balaban J connectivity index is 1.71. The monoisotopic (exact) mass is 265 g/mol. The second-order valence-corrected chi connectivity index (χ2v) is 5.47. The smallest absolute Gasteiger partial charge is 0.177 e. The first-order chi connectivity index (χ1) is 9.74. The van der Waals surface area contributed by atoms with Crippen LogP contribution in [0.5, 0.6) is 0 Å². The van der Waals surface area contributed by atoms with E-state index in [2.05, 4.69) is 29.2 Å². The van der Waals surface area contributed by atoms with Crippen molar-refractivity contribution in [3.63, 3.8) is 0 Å². The lowest BCUT2D eigenvalue weighted by atomic mass is 9.99. The van der Waals surface area contributed by atoms with E-state index in [4.69, 9.17) is 0 Å². The van der Waals surface area contributed by atoms with Gasteiger partial charge < -0.3 is 0 Å². The van der Waals surface area contributed by atoms with Gasteiger partial charge in [-0.1, -0.05) is 48.5 Å². The van der Waals surface area contributed by atoms with Gasteiger partial charge in [-0.05, 0) is 30.0 Å². The van der Waals surface area contributed by atoms with Gasteiger partial charge in [0.05, 0.1) is 6.54 Å². The van der Waals surface area contributed by atoms with E-state index >= 15 is 0 Å². The molecule has 0 fully saturated rings. The average Bonchev–Trinajstić information content (AvgIpc) is 2.47. The van der Waals surface area contributed by atoms with Gasteiger partial charge in [0.1, 0.15) is 0 Å². The van der Waals surface area contributed by atoms with Crippen molar-refractivity contribution in [1.29, 1.82) is 0 Å². The maximum atomic E-state index is 12.4. The Kier molecular flexibility index (Phi) is 3.66. The molecule has 1 aliphatic rings. The minimum Gasteiger partial charge on any atom is -0.293 e. The van der Waals surface area contributed by atoms with Crippen molar-refractivity contribution >= 4 is 5.78 Å². The lowest BCUT2D eigenvalue weighted by Gasteiger charge is -2.28. The van der Waals surface area contributed by atoms with Gasteiger partial charge in [0, 0.05) is 18.7 Å². The first kappa shape index (κ1) is 13.1. The molecule has 2 aromatic carbocycles. The van der Waals surface area contributed by atoms with E-state index in [0.717, 1.165) is 30.6 Å².